The van der Waals surface area contributed by atoms with E-state index in [1.807, 2.05) is 0 Å². The third-order valence-electron chi connectivity index (χ3n) is 16.4. The van der Waals surface area contributed by atoms with Crippen LogP contribution in [0.4, 0.5) is 0 Å². The lowest BCUT2D eigenvalue weighted by molar-refractivity contribution is -0.142. The number of guanidine groups is 3. The van der Waals surface area contributed by atoms with Crippen molar-refractivity contribution in [3.8, 4) is 5.75 Å². The lowest BCUT2D eigenvalue weighted by Crippen LogP contribution is -2.50. The lowest BCUT2D eigenvalue weighted by Gasteiger charge is -2.27. The number of carbonyl (C=O) groups excluding carboxylic acids is 11. The maximum Gasteiger partial charge on any atom is 0.305 e. The Balaban J connectivity index is 3.51. The molecular formula is C66H112N16O16. The molecule has 32 nitrogen and oxygen atoms in total. The third kappa shape index (κ3) is 40.0. The van der Waals surface area contributed by atoms with Gasteiger partial charge in [-0.3, -0.25) is 72.5 Å². The number of nitrogens with two attached hydrogens (primary N) is 8. The molecule has 0 fully saturated rings. The van der Waals surface area contributed by atoms with Crippen molar-refractivity contribution in [1.29, 1.82) is 0 Å². The van der Waals surface area contributed by atoms with Gasteiger partial charge in [-0.15, -0.1) is 0 Å². The fraction of sp³-hybridized carbons (Fsp3) is 0.682. The first-order valence-corrected chi connectivity index (χ1v) is 34.0. The van der Waals surface area contributed by atoms with Crippen molar-refractivity contribution in [3.63, 3.8) is 0 Å². The molecule has 0 saturated carbocycles. The second kappa shape index (κ2) is 49.7. The summed E-state index contributed by atoms with van der Waals surface area (Å²) in [6.07, 6.45) is 5.42. The van der Waals surface area contributed by atoms with Crippen molar-refractivity contribution in [2.24, 2.45) is 84.5 Å². The number of nitrogens with one attached hydrogen (secondary N) is 5. The molecule has 1 aromatic carbocycles. The Kier molecular flexibility index (Phi) is 44.2. The first-order chi connectivity index (χ1) is 46.4. The number of hydrogen-bond donors (Lipinski definition) is 17. The number of aliphatic hydroxyl groups excluding tert-OH is 2. The van der Waals surface area contributed by atoms with E-state index in [2.05, 4.69) is 48.5 Å². The average molecular weight is 1390 g/mol. The number of unbranched alkanes of at least 4 members (excludes halogenated alkanes) is 10. The number of Topliss-reactive ketones (excluding diaryl/α,β-unsaturated/α-hetero) is 4. The van der Waals surface area contributed by atoms with Crippen LogP contribution in [0, 0.1) is 23.7 Å². The summed E-state index contributed by atoms with van der Waals surface area (Å²) in [6, 6.07) is -0.649. The second-order valence-electron chi connectivity index (χ2n) is 25.1. The molecule has 0 radical (unpaired) electrons. The zero-order valence-corrected chi connectivity index (χ0v) is 57.4. The predicted octanol–water partition coefficient (Wildman–Crippen LogP) is -0.0791. The van der Waals surface area contributed by atoms with Crippen molar-refractivity contribution in [1.82, 2.24) is 26.6 Å². The molecule has 0 aliphatic rings. The van der Waals surface area contributed by atoms with Crippen LogP contribution in [0.25, 0.3) is 0 Å². The zero-order chi connectivity index (χ0) is 73.7. The number of aliphatic hydroxyl groups is 2. The van der Waals surface area contributed by atoms with Gasteiger partial charge < -0.3 is 92.9 Å². The van der Waals surface area contributed by atoms with E-state index in [0.29, 0.717) is 24.8 Å². The van der Waals surface area contributed by atoms with E-state index >= 15 is 0 Å². The molecule has 0 aliphatic heterocycles. The number of aromatic hydroxyl groups is 1. The Labute approximate surface area is 574 Å². The van der Waals surface area contributed by atoms with Gasteiger partial charge in [0.2, 0.25) is 41.4 Å². The van der Waals surface area contributed by atoms with Gasteiger partial charge in [0.1, 0.15) is 5.75 Å². The molecule has 0 heterocycles. The van der Waals surface area contributed by atoms with Gasteiger partial charge in [0.05, 0.1) is 55.1 Å². The molecule has 10 atom stereocenters. The van der Waals surface area contributed by atoms with E-state index in [9.17, 15) is 78.0 Å². The number of rotatable bonds is 57. The smallest absolute Gasteiger partial charge is 0.305 e. The number of carboxylic acids is 1. The van der Waals surface area contributed by atoms with E-state index in [1.54, 1.807) is 19.1 Å². The van der Waals surface area contributed by atoms with Gasteiger partial charge in [0.25, 0.3) is 0 Å². The summed E-state index contributed by atoms with van der Waals surface area (Å²) in [4.78, 5) is 175. The zero-order valence-electron chi connectivity index (χ0n) is 57.4. The molecule has 25 N–H and O–H groups in total. The molecule has 1 aromatic rings. The van der Waals surface area contributed by atoms with Gasteiger partial charge in [-0.25, -0.2) is 0 Å². The first-order valence-electron chi connectivity index (χ1n) is 34.0. The summed E-state index contributed by atoms with van der Waals surface area (Å²) in [5, 5.41) is 54.2. The van der Waals surface area contributed by atoms with Crippen LogP contribution in [0.1, 0.15) is 200 Å². The van der Waals surface area contributed by atoms with Crippen LogP contribution in [0.3, 0.4) is 0 Å². The van der Waals surface area contributed by atoms with E-state index in [1.165, 1.54) is 44.2 Å². The van der Waals surface area contributed by atoms with Crippen LogP contribution in [-0.2, 0) is 64.0 Å². The molecule has 0 saturated heterocycles. The third-order valence-corrected chi connectivity index (χ3v) is 16.4. The number of hydrogen-bond acceptors (Lipinski definition) is 18. The predicted molar refractivity (Wildman–Crippen MR) is 368 cm³/mol. The maximum atomic E-state index is 14.5. The van der Waals surface area contributed by atoms with Gasteiger partial charge in [-0.2, -0.15) is 0 Å². The van der Waals surface area contributed by atoms with Crippen LogP contribution in [0.2, 0.25) is 0 Å². The highest BCUT2D eigenvalue weighted by atomic mass is 16.4. The van der Waals surface area contributed by atoms with Gasteiger partial charge in [0.15, 0.2) is 41.0 Å². The molecular weight excluding hydrogens is 1270 g/mol. The van der Waals surface area contributed by atoms with Crippen molar-refractivity contribution >= 4 is 88.3 Å². The Morgan fingerprint density at radius 3 is 1.33 bits per heavy atom. The lowest BCUT2D eigenvalue weighted by atomic mass is 9.88. The molecule has 0 spiro atoms. The molecule has 7 amide bonds. The minimum atomic E-state index is -1.91. The van der Waals surface area contributed by atoms with Crippen LogP contribution in [0.5, 0.6) is 5.75 Å². The first kappa shape index (κ1) is 87.2. The number of nitrogens with zero attached hydrogens (tertiary/aromatic N) is 3. The number of ketones is 4. The number of carboxylic acid groups (broad SMARTS) is 1. The van der Waals surface area contributed by atoms with Gasteiger partial charge in [-0.05, 0) is 95.8 Å². The summed E-state index contributed by atoms with van der Waals surface area (Å²) < 4.78 is 0. The number of benzene rings is 1. The molecule has 98 heavy (non-hydrogen) atoms. The largest absolute Gasteiger partial charge is 0.508 e. The molecule has 0 unspecified atom stereocenters. The Morgan fingerprint density at radius 1 is 0.439 bits per heavy atom. The molecule has 0 aliphatic carbocycles. The quantitative estimate of drug-likeness (QED) is 0.0230. The Morgan fingerprint density at radius 2 is 0.847 bits per heavy atom. The van der Waals surface area contributed by atoms with Gasteiger partial charge in [-0.1, -0.05) is 83.3 Å². The van der Waals surface area contributed by atoms with Crippen molar-refractivity contribution in [2.75, 3.05) is 26.2 Å². The number of phenolic OH excluding ortho intramolecular Hbond substituents is 1. The molecule has 1 rings (SSSR count). The number of phenols is 1. The second-order valence-corrected chi connectivity index (χ2v) is 25.1. The number of amides is 7. The Bertz CT molecular complexity index is 2790. The van der Waals surface area contributed by atoms with Gasteiger partial charge >= 0.3 is 5.97 Å². The minimum Gasteiger partial charge on any atom is -0.508 e. The van der Waals surface area contributed by atoms with Crippen LogP contribution in [-0.4, -0.2) is 171 Å². The van der Waals surface area contributed by atoms with E-state index < -0.39 is 188 Å². The van der Waals surface area contributed by atoms with Gasteiger partial charge in [0, 0.05) is 82.5 Å². The van der Waals surface area contributed by atoms with E-state index in [0.717, 1.165) is 39.0 Å². The summed E-state index contributed by atoms with van der Waals surface area (Å²) in [7, 11) is 0. The van der Waals surface area contributed by atoms with Crippen molar-refractivity contribution in [2.45, 2.75) is 237 Å². The van der Waals surface area contributed by atoms with E-state index in [4.69, 9.17) is 45.9 Å². The van der Waals surface area contributed by atoms with Crippen molar-refractivity contribution < 1.29 is 78.0 Å². The number of primary amides is 2. The average Bonchev–Trinajstić information content (AvgIpc) is 0.872. The topological polar surface area (TPSA) is 591 Å². The summed E-state index contributed by atoms with van der Waals surface area (Å²) in [6.45, 7) is 4.35. The SMILES string of the molecule is CCCCCCCCCCCCCC(=O)N[C@@H](CCCN=C(N)N)C(=O)C[C@@H](CO)C(=O)N[C@@H](CC(=O)O)C(=O)C[C@H](C(=O)N[C@@H](CCCN=C(N)N)C(=O)C[C@@H](CCC(N)=O)C(=O)N[C@@H](CCC(N)=O)C(=O)C[C@@H](Cc1ccc(O)cc1)C(=O)N[C@H](C)CCCN=C(N)N)[C@@H](C)O. The molecule has 32 heteroatoms. The van der Waals surface area contributed by atoms with E-state index in [-0.39, 0.29) is 88.2 Å². The summed E-state index contributed by atoms with van der Waals surface area (Å²) in [5.74, 6) is -17.5. The highest BCUT2D eigenvalue weighted by molar-refractivity contribution is 5.99. The van der Waals surface area contributed by atoms with Crippen LogP contribution >= 0.6 is 0 Å². The Hall–Kier alpha value is -8.81. The maximum absolute atomic E-state index is 14.5. The molecule has 0 aromatic heterocycles. The summed E-state index contributed by atoms with van der Waals surface area (Å²) in [5.41, 5.74) is 44.4. The normalized spacial score (nSPS) is 14.1. The highest BCUT2D eigenvalue weighted by Crippen LogP contribution is 2.23. The fourth-order valence-corrected chi connectivity index (χ4v) is 10.8. The minimum absolute atomic E-state index is 0.00387. The number of aliphatic carboxylic acids is 1. The van der Waals surface area contributed by atoms with Crippen molar-refractivity contribution in [3.05, 3.63) is 29.8 Å². The van der Waals surface area contributed by atoms with Crippen LogP contribution in [0.15, 0.2) is 39.2 Å². The highest BCUT2D eigenvalue weighted by Gasteiger charge is 2.38. The molecule has 0 bridgehead atoms. The number of carbonyl (C=O) groups is 12. The monoisotopic (exact) mass is 1380 g/mol. The van der Waals surface area contributed by atoms with Crippen LogP contribution < -0.4 is 72.5 Å². The molecule has 552 valence electrons. The standard InChI is InChI=1S/C66H112N16O16/c1-4-5-6-7-8-9-10-11-12-13-14-21-58(92)79-48(19-16-31-76-65(71)72)54(88)36-45(39-83)62(97)82-51(38-59(93)94)55(89)37-47(41(3)84)63(98)81-49(20-17-32-77-66(73)74)52(86)34-43(24-28-56(67)90)60(95)80-50(27-29-57(68)91)53(87)35-44(33-42-22-25-46(85)26-23-42)61(96)78-40(2)18-15-30-75-64(69)70/h22-23,25-26,40-41,43-45,47-51,83-85H,4-21,24,27-39H2,1-3H3,(H2,67,90)(H2,68,91)(H,78,96)(H,79,92)(H,80,95)(H,81,98)(H,82,97)(H,93,94)(H4,69,70,75)(H4,71,72,76)(H4,73,74,77)/t40-,41-,43-,44-,45+,47+,48+,49+,50+,51+/m1/s1. The number of aliphatic imine (C=N–C) groups is 3. The summed E-state index contributed by atoms with van der Waals surface area (Å²) >= 11 is 0. The fourth-order valence-electron chi connectivity index (χ4n) is 10.8.